The summed E-state index contributed by atoms with van der Waals surface area (Å²) in [5.74, 6) is -1.44. The van der Waals surface area contributed by atoms with Crippen molar-refractivity contribution in [3.05, 3.63) is 59.4 Å². The van der Waals surface area contributed by atoms with E-state index in [-0.39, 0.29) is 17.9 Å². The summed E-state index contributed by atoms with van der Waals surface area (Å²) < 4.78 is 18.8. The van der Waals surface area contributed by atoms with E-state index in [1.54, 1.807) is 12.1 Å². The maximum Gasteiger partial charge on any atom is 0.338 e. The van der Waals surface area contributed by atoms with Crippen molar-refractivity contribution in [3.63, 3.8) is 0 Å². The van der Waals surface area contributed by atoms with Crippen molar-refractivity contribution in [2.75, 3.05) is 0 Å². The molecule has 98 valence electrons. The zero-order chi connectivity index (χ0) is 13.8. The molecule has 2 N–H and O–H groups in total. The number of phenols is 1. The number of ether oxygens (including phenoxy) is 1. The molecule has 0 aliphatic heterocycles. The Morgan fingerprint density at radius 3 is 2.42 bits per heavy atom. The molecule has 0 saturated heterocycles. The molecule has 2 rings (SSSR count). The Morgan fingerprint density at radius 1 is 1.16 bits per heavy atom. The molecule has 2 aromatic rings. The van der Waals surface area contributed by atoms with Gasteiger partial charge in [-0.1, -0.05) is 6.07 Å². The van der Waals surface area contributed by atoms with Crippen molar-refractivity contribution >= 4 is 5.97 Å². The van der Waals surface area contributed by atoms with E-state index in [4.69, 9.17) is 14.9 Å². The van der Waals surface area contributed by atoms with E-state index in [9.17, 15) is 9.18 Å². The smallest absolute Gasteiger partial charge is 0.338 e. The van der Waals surface area contributed by atoms with E-state index >= 15 is 0 Å². The number of carbonyl (C=O) groups is 1. The van der Waals surface area contributed by atoms with Crippen LogP contribution in [0.5, 0.6) is 11.5 Å². The fourth-order valence-corrected chi connectivity index (χ4v) is 1.53. The largest absolute Gasteiger partial charge is 0.508 e. The molecule has 2 aromatic carbocycles. The number of benzene rings is 2. The summed E-state index contributed by atoms with van der Waals surface area (Å²) >= 11 is 0. The first-order valence-corrected chi connectivity index (χ1v) is 5.50. The van der Waals surface area contributed by atoms with Gasteiger partial charge in [-0.05, 0) is 42.0 Å². The topological polar surface area (TPSA) is 66.8 Å². The third kappa shape index (κ3) is 3.22. The number of aromatic carboxylic acids is 1. The summed E-state index contributed by atoms with van der Waals surface area (Å²) in [6, 6.07) is 9.94. The number of phenolic OH excluding ortho intramolecular Hbond substituents is 1. The second-order valence-electron chi connectivity index (χ2n) is 3.90. The molecule has 0 unspecified atom stereocenters. The fourth-order valence-electron chi connectivity index (χ4n) is 1.53. The van der Waals surface area contributed by atoms with Crippen molar-refractivity contribution in [2.24, 2.45) is 0 Å². The molecule has 0 aliphatic carbocycles. The zero-order valence-corrected chi connectivity index (χ0v) is 9.84. The zero-order valence-electron chi connectivity index (χ0n) is 9.84. The van der Waals surface area contributed by atoms with Crippen LogP contribution in [-0.2, 0) is 6.61 Å². The van der Waals surface area contributed by atoms with Gasteiger partial charge in [0.1, 0.15) is 23.9 Å². The summed E-state index contributed by atoms with van der Waals surface area (Å²) in [6.07, 6.45) is 0. The highest BCUT2D eigenvalue weighted by Crippen LogP contribution is 2.18. The number of hydrogen-bond donors (Lipinski definition) is 2. The maximum absolute atomic E-state index is 13.4. The highest BCUT2D eigenvalue weighted by molar-refractivity contribution is 5.87. The Balaban J connectivity index is 2.06. The van der Waals surface area contributed by atoms with E-state index in [2.05, 4.69) is 0 Å². The highest BCUT2D eigenvalue weighted by atomic mass is 19.1. The number of aromatic hydroxyl groups is 1. The summed E-state index contributed by atoms with van der Waals surface area (Å²) in [7, 11) is 0. The lowest BCUT2D eigenvalue weighted by Crippen LogP contribution is -2.02. The van der Waals surface area contributed by atoms with Crippen LogP contribution < -0.4 is 4.74 Å². The van der Waals surface area contributed by atoms with Crippen LogP contribution >= 0.6 is 0 Å². The Hall–Kier alpha value is -2.56. The van der Waals surface area contributed by atoms with E-state index in [0.717, 1.165) is 6.07 Å². The van der Waals surface area contributed by atoms with Crippen LogP contribution in [0, 0.1) is 5.82 Å². The van der Waals surface area contributed by atoms with Gasteiger partial charge < -0.3 is 14.9 Å². The molecule has 19 heavy (non-hydrogen) atoms. The van der Waals surface area contributed by atoms with Gasteiger partial charge in [-0.15, -0.1) is 0 Å². The Labute approximate surface area is 108 Å². The molecule has 5 heteroatoms. The first kappa shape index (κ1) is 12.9. The molecule has 0 aromatic heterocycles. The lowest BCUT2D eigenvalue weighted by molar-refractivity contribution is 0.0692. The van der Waals surface area contributed by atoms with E-state index in [1.807, 2.05) is 0 Å². The quantitative estimate of drug-likeness (QED) is 0.889. The number of carboxylic acids is 1. The van der Waals surface area contributed by atoms with Gasteiger partial charge in [0, 0.05) is 0 Å². The summed E-state index contributed by atoms with van der Waals surface area (Å²) in [5, 5.41) is 17.8. The van der Waals surface area contributed by atoms with Crippen LogP contribution in [0.1, 0.15) is 15.9 Å². The molecule has 0 bridgehead atoms. The van der Waals surface area contributed by atoms with Gasteiger partial charge in [0.25, 0.3) is 0 Å². The normalized spacial score (nSPS) is 10.2. The summed E-state index contributed by atoms with van der Waals surface area (Å²) in [6.45, 7) is 0.113. The van der Waals surface area contributed by atoms with Gasteiger partial charge in [-0.25, -0.2) is 9.18 Å². The van der Waals surface area contributed by atoms with Gasteiger partial charge in [0.15, 0.2) is 0 Å². The Morgan fingerprint density at radius 2 is 1.84 bits per heavy atom. The van der Waals surface area contributed by atoms with Crippen LogP contribution in [-0.4, -0.2) is 16.2 Å². The van der Waals surface area contributed by atoms with Crippen LogP contribution in [0.25, 0.3) is 0 Å². The van der Waals surface area contributed by atoms with Crippen LogP contribution in [0.3, 0.4) is 0 Å². The minimum absolute atomic E-state index is 0.113. The molecule has 4 nitrogen and oxygen atoms in total. The average molecular weight is 262 g/mol. The predicted octanol–water partition coefficient (Wildman–Crippen LogP) is 2.81. The third-order valence-corrected chi connectivity index (χ3v) is 2.51. The van der Waals surface area contributed by atoms with Crippen molar-refractivity contribution < 1.29 is 24.1 Å². The molecule has 0 fully saturated rings. The molecular weight excluding hydrogens is 251 g/mol. The highest BCUT2D eigenvalue weighted by Gasteiger charge is 2.10. The van der Waals surface area contributed by atoms with E-state index in [0.29, 0.717) is 11.3 Å². The molecule has 0 saturated carbocycles. The summed E-state index contributed by atoms with van der Waals surface area (Å²) in [5.41, 5.74) is 0.156. The van der Waals surface area contributed by atoms with Gasteiger partial charge in [-0.3, -0.25) is 0 Å². The first-order valence-electron chi connectivity index (χ1n) is 5.50. The minimum atomic E-state index is -1.30. The van der Waals surface area contributed by atoms with Gasteiger partial charge in [-0.2, -0.15) is 0 Å². The van der Waals surface area contributed by atoms with Gasteiger partial charge in [0.05, 0.1) is 5.56 Å². The molecule has 0 amide bonds. The minimum Gasteiger partial charge on any atom is -0.508 e. The standard InChI is InChI=1S/C14H11FO4/c15-13-7-9(1-6-12(13)14(17)18)8-19-11-4-2-10(16)3-5-11/h1-7,16H,8H2,(H,17,18). The number of hydrogen-bond acceptors (Lipinski definition) is 3. The van der Waals surface area contributed by atoms with E-state index in [1.165, 1.54) is 24.3 Å². The lowest BCUT2D eigenvalue weighted by atomic mass is 10.1. The van der Waals surface area contributed by atoms with Gasteiger partial charge in [0.2, 0.25) is 0 Å². The van der Waals surface area contributed by atoms with Crippen LogP contribution in [0.2, 0.25) is 0 Å². The fraction of sp³-hybridized carbons (Fsp3) is 0.0714. The summed E-state index contributed by atoms with van der Waals surface area (Å²) in [4.78, 5) is 10.6. The van der Waals surface area contributed by atoms with Crippen molar-refractivity contribution in [2.45, 2.75) is 6.61 Å². The van der Waals surface area contributed by atoms with Crippen molar-refractivity contribution in [1.82, 2.24) is 0 Å². The average Bonchev–Trinajstić information content (AvgIpc) is 2.37. The maximum atomic E-state index is 13.4. The Kier molecular flexibility index (Phi) is 3.66. The lowest BCUT2D eigenvalue weighted by Gasteiger charge is -2.07. The third-order valence-electron chi connectivity index (χ3n) is 2.51. The van der Waals surface area contributed by atoms with Crippen LogP contribution in [0.4, 0.5) is 4.39 Å². The molecular formula is C14H11FO4. The van der Waals surface area contributed by atoms with Gasteiger partial charge >= 0.3 is 5.97 Å². The second kappa shape index (κ2) is 5.39. The molecule has 0 aliphatic rings. The molecule has 0 spiro atoms. The van der Waals surface area contributed by atoms with Crippen molar-refractivity contribution in [1.29, 1.82) is 0 Å². The van der Waals surface area contributed by atoms with Crippen molar-refractivity contribution in [3.8, 4) is 11.5 Å². The monoisotopic (exact) mass is 262 g/mol. The SMILES string of the molecule is O=C(O)c1ccc(COc2ccc(O)cc2)cc1F. The number of rotatable bonds is 4. The van der Waals surface area contributed by atoms with E-state index < -0.39 is 11.8 Å². The molecule has 0 radical (unpaired) electrons. The number of carboxylic acid groups (broad SMARTS) is 1. The first-order chi connectivity index (χ1) is 9.06. The second-order valence-corrected chi connectivity index (χ2v) is 3.90. The predicted molar refractivity (Wildman–Crippen MR) is 65.8 cm³/mol. The molecule has 0 atom stereocenters. The molecule has 0 heterocycles. The van der Waals surface area contributed by atoms with Crippen LogP contribution in [0.15, 0.2) is 42.5 Å². The Bertz CT molecular complexity index is 593. The number of halogens is 1.